The molecule has 0 aliphatic heterocycles. The average molecular weight is 730 g/mol. The predicted octanol–water partition coefficient (Wildman–Crippen LogP) is 12.9. The number of hydrogen-bond acceptors (Lipinski definition) is 4. The van der Waals surface area contributed by atoms with Crippen LogP contribution in [0.15, 0.2) is 48.6 Å². The Hall–Kier alpha value is -1.69. The monoisotopic (exact) mass is 730 g/mol. The number of allylic oxidation sites excluding steroid dienone is 7. The van der Waals surface area contributed by atoms with Gasteiger partial charge in [0, 0.05) is 0 Å². The fourth-order valence-electron chi connectivity index (χ4n) is 6.58. The molecule has 0 bridgehead atoms. The van der Waals surface area contributed by atoms with Crippen LogP contribution in [0.4, 0.5) is 0 Å². The molecule has 0 rings (SSSR count). The number of unbranched alkanes of at least 4 members (excludes halogenated alkanes) is 26. The summed E-state index contributed by atoms with van der Waals surface area (Å²) in [4.78, 5) is 12.5. The van der Waals surface area contributed by atoms with Crippen LogP contribution in [0, 0.1) is 0 Å². The summed E-state index contributed by atoms with van der Waals surface area (Å²) in [5.41, 5.74) is 0. The second-order valence-electron chi connectivity index (χ2n) is 15.2. The minimum Gasteiger partial charge on any atom is -0.394 e. The molecule has 0 saturated heterocycles. The fourth-order valence-corrected chi connectivity index (χ4v) is 6.58. The second kappa shape index (κ2) is 42.1. The number of carbonyl (C=O) groups is 1. The van der Waals surface area contributed by atoms with Crippen molar-refractivity contribution in [3.63, 3.8) is 0 Å². The highest BCUT2D eigenvalue weighted by molar-refractivity contribution is 5.80. The molecule has 0 fully saturated rings. The quantitative estimate of drug-likeness (QED) is 0.0373. The Labute approximate surface area is 323 Å². The minimum absolute atomic E-state index is 0.379. The van der Waals surface area contributed by atoms with Gasteiger partial charge in [-0.2, -0.15) is 0 Å². The van der Waals surface area contributed by atoms with E-state index in [2.05, 4.69) is 55.6 Å². The molecule has 1 amide bonds. The number of hydrogen-bond donors (Lipinski definition) is 4. The second-order valence-corrected chi connectivity index (χ2v) is 15.2. The minimum atomic E-state index is -1.11. The Bertz CT molecular complexity index is 850. The summed E-state index contributed by atoms with van der Waals surface area (Å²) in [6.45, 7) is 4.16. The Kier molecular flexibility index (Phi) is 40.7. The SMILES string of the molecule is CCCCCCCCCC/C=C/CC/C=C/C(O)C(CO)NC(=O)C(O)CCCCCCCCCC/C=C\C/C=C\CCCCCCCCCCC. The summed E-state index contributed by atoms with van der Waals surface area (Å²) in [6.07, 6.45) is 54.3. The zero-order chi connectivity index (χ0) is 38.0. The maximum atomic E-state index is 12.5. The number of carbonyl (C=O) groups excluding carboxylic acids is 1. The lowest BCUT2D eigenvalue weighted by atomic mass is 10.0. The van der Waals surface area contributed by atoms with Crippen molar-refractivity contribution < 1.29 is 20.1 Å². The predicted molar refractivity (Wildman–Crippen MR) is 227 cm³/mol. The number of amides is 1. The zero-order valence-corrected chi connectivity index (χ0v) is 34.4. The zero-order valence-electron chi connectivity index (χ0n) is 34.4. The van der Waals surface area contributed by atoms with Crippen molar-refractivity contribution in [2.75, 3.05) is 6.61 Å². The number of rotatable bonds is 40. The van der Waals surface area contributed by atoms with Crippen molar-refractivity contribution in [1.29, 1.82) is 0 Å². The molecule has 0 aromatic carbocycles. The van der Waals surface area contributed by atoms with Crippen LogP contribution in [0.2, 0.25) is 0 Å². The van der Waals surface area contributed by atoms with Gasteiger partial charge in [-0.1, -0.05) is 204 Å². The van der Waals surface area contributed by atoms with Crippen LogP contribution in [0.25, 0.3) is 0 Å². The van der Waals surface area contributed by atoms with Crippen LogP contribution in [0.3, 0.4) is 0 Å². The highest BCUT2D eigenvalue weighted by atomic mass is 16.3. The summed E-state index contributed by atoms with van der Waals surface area (Å²) < 4.78 is 0. The molecule has 0 heterocycles. The molecule has 0 aromatic heterocycles. The van der Waals surface area contributed by atoms with Crippen LogP contribution in [-0.4, -0.2) is 46.1 Å². The van der Waals surface area contributed by atoms with E-state index in [-0.39, 0.29) is 6.61 Å². The molecule has 0 aliphatic carbocycles. The van der Waals surface area contributed by atoms with Crippen LogP contribution in [-0.2, 0) is 4.79 Å². The lowest BCUT2D eigenvalue weighted by Crippen LogP contribution is -2.48. The molecule has 3 atom stereocenters. The van der Waals surface area contributed by atoms with Gasteiger partial charge in [0.05, 0.1) is 18.8 Å². The highest BCUT2D eigenvalue weighted by Gasteiger charge is 2.22. The van der Waals surface area contributed by atoms with Crippen LogP contribution < -0.4 is 5.32 Å². The molecule has 0 aliphatic rings. The van der Waals surface area contributed by atoms with Crippen LogP contribution >= 0.6 is 0 Å². The normalized spacial score (nSPS) is 14.0. The van der Waals surface area contributed by atoms with Gasteiger partial charge in [-0.3, -0.25) is 4.79 Å². The van der Waals surface area contributed by atoms with Gasteiger partial charge in [-0.05, 0) is 64.2 Å². The van der Waals surface area contributed by atoms with Crippen molar-refractivity contribution in [3.05, 3.63) is 48.6 Å². The standard InChI is InChI=1S/C47H87NO4/c1-3-5-7-9-11-13-15-17-19-20-21-22-23-24-25-26-27-28-30-32-34-36-38-40-42-46(51)47(52)48-44(43-49)45(50)41-39-37-35-33-31-29-18-16-14-12-10-8-6-4-2/h21-22,24-25,31,33,39,41,44-46,49-51H,3-20,23,26-30,32,34-38,40,42-43H2,1-2H3,(H,48,52)/b22-21-,25-24-,33-31+,41-39+. The molecule has 0 aromatic rings. The van der Waals surface area contributed by atoms with E-state index in [1.807, 2.05) is 6.08 Å². The maximum absolute atomic E-state index is 12.5. The average Bonchev–Trinajstić information content (AvgIpc) is 3.15. The Morgan fingerprint density at radius 1 is 0.481 bits per heavy atom. The first-order chi connectivity index (χ1) is 25.6. The van der Waals surface area contributed by atoms with Gasteiger partial charge in [-0.15, -0.1) is 0 Å². The summed E-state index contributed by atoms with van der Waals surface area (Å²) in [5, 5.41) is 33.1. The first-order valence-electron chi connectivity index (χ1n) is 22.5. The third-order valence-electron chi connectivity index (χ3n) is 10.1. The maximum Gasteiger partial charge on any atom is 0.249 e. The topological polar surface area (TPSA) is 89.8 Å². The molecular weight excluding hydrogens is 643 g/mol. The van der Waals surface area contributed by atoms with Crippen LogP contribution in [0.1, 0.15) is 219 Å². The third kappa shape index (κ3) is 36.7. The number of aliphatic hydroxyl groups is 3. The molecule has 0 spiro atoms. The lowest BCUT2D eigenvalue weighted by Gasteiger charge is -2.21. The van der Waals surface area contributed by atoms with E-state index >= 15 is 0 Å². The van der Waals surface area contributed by atoms with Gasteiger partial charge in [0.15, 0.2) is 0 Å². The Morgan fingerprint density at radius 2 is 0.846 bits per heavy atom. The van der Waals surface area contributed by atoms with Crippen molar-refractivity contribution in [2.24, 2.45) is 0 Å². The summed E-state index contributed by atoms with van der Waals surface area (Å²) in [7, 11) is 0. The fraction of sp³-hybridized carbons (Fsp3) is 0.809. The number of nitrogens with one attached hydrogen (secondary N) is 1. The summed E-state index contributed by atoms with van der Waals surface area (Å²) in [5.74, 6) is -0.519. The molecule has 0 radical (unpaired) electrons. The van der Waals surface area contributed by atoms with Gasteiger partial charge < -0.3 is 20.6 Å². The van der Waals surface area contributed by atoms with E-state index in [1.165, 1.54) is 154 Å². The van der Waals surface area contributed by atoms with Gasteiger partial charge in [0.1, 0.15) is 6.10 Å². The largest absolute Gasteiger partial charge is 0.394 e. The third-order valence-corrected chi connectivity index (χ3v) is 10.1. The smallest absolute Gasteiger partial charge is 0.249 e. The van der Waals surface area contributed by atoms with Gasteiger partial charge >= 0.3 is 0 Å². The van der Waals surface area contributed by atoms with E-state index in [1.54, 1.807) is 6.08 Å². The van der Waals surface area contributed by atoms with Crippen molar-refractivity contribution in [1.82, 2.24) is 5.32 Å². The van der Waals surface area contributed by atoms with E-state index in [4.69, 9.17) is 0 Å². The van der Waals surface area contributed by atoms with Crippen molar-refractivity contribution in [3.8, 4) is 0 Å². The van der Waals surface area contributed by atoms with Crippen LogP contribution in [0.5, 0.6) is 0 Å². The summed E-state index contributed by atoms with van der Waals surface area (Å²) >= 11 is 0. The van der Waals surface area contributed by atoms with Gasteiger partial charge in [-0.25, -0.2) is 0 Å². The lowest BCUT2D eigenvalue weighted by molar-refractivity contribution is -0.131. The molecule has 5 heteroatoms. The van der Waals surface area contributed by atoms with Crippen molar-refractivity contribution in [2.45, 2.75) is 238 Å². The number of aliphatic hydroxyl groups excluding tert-OH is 3. The first kappa shape index (κ1) is 50.3. The molecule has 304 valence electrons. The molecule has 0 saturated carbocycles. The molecule has 3 unspecified atom stereocenters. The Balaban J connectivity index is 3.70. The first-order valence-corrected chi connectivity index (χ1v) is 22.5. The van der Waals surface area contributed by atoms with E-state index < -0.39 is 24.2 Å². The van der Waals surface area contributed by atoms with E-state index in [9.17, 15) is 20.1 Å². The van der Waals surface area contributed by atoms with E-state index in [0.717, 1.165) is 44.9 Å². The summed E-state index contributed by atoms with van der Waals surface area (Å²) in [6, 6.07) is -0.817. The Morgan fingerprint density at radius 3 is 1.29 bits per heavy atom. The van der Waals surface area contributed by atoms with Crippen molar-refractivity contribution >= 4 is 5.91 Å². The van der Waals surface area contributed by atoms with E-state index in [0.29, 0.717) is 6.42 Å². The molecule has 52 heavy (non-hydrogen) atoms. The highest BCUT2D eigenvalue weighted by Crippen LogP contribution is 2.14. The molecule has 5 nitrogen and oxygen atoms in total. The van der Waals surface area contributed by atoms with Gasteiger partial charge in [0.25, 0.3) is 0 Å². The molecule has 4 N–H and O–H groups in total. The molecular formula is C47H87NO4. The van der Waals surface area contributed by atoms with Gasteiger partial charge in [0.2, 0.25) is 5.91 Å².